The number of rotatable bonds is 5. The number of nitriles is 2. The van der Waals surface area contributed by atoms with Crippen molar-refractivity contribution >= 4 is 15.7 Å². The van der Waals surface area contributed by atoms with E-state index in [1.807, 2.05) is 6.92 Å². The van der Waals surface area contributed by atoms with E-state index in [-0.39, 0.29) is 4.90 Å². The lowest BCUT2D eigenvalue weighted by atomic mass is 9.64. The zero-order chi connectivity index (χ0) is 24.5. The van der Waals surface area contributed by atoms with E-state index in [1.54, 1.807) is 66.7 Å². The highest BCUT2D eigenvalue weighted by molar-refractivity contribution is 7.92. The van der Waals surface area contributed by atoms with Crippen LogP contribution in [0.3, 0.4) is 0 Å². The van der Waals surface area contributed by atoms with Gasteiger partial charge in [-0.05, 0) is 36.2 Å². The van der Waals surface area contributed by atoms with E-state index >= 15 is 0 Å². The topological polar surface area (TPSA) is 94.2 Å². The molecule has 2 atom stereocenters. The molecule has 4 rings (SSSR count). The van der Waals surface area contributed by atoms with E-state index in [0.29, 0.717) is 22.6 Å². The van der Waals surface area contributed by atoms with E-state index in [1.165, 1.54) is 23.5 Å². The van der Waals surface area contributed by atoms with Crippen LogP contribution in [0, 0.1) is 35.0 Å². The maximum Gasteiger partial charge on any atom is 0.264 e. The zero-order valence-electron chi connectivity index (χ0n) is 18.8. The molecule has 3 aromatic carbocycles. The van der Waals surface area contributed by atoms with Crippen LogP contribution in [-0.4, -0.2) is 15.5 Å². The predicted molar refractivity (Wildman–Crippen MR) is 130 cm³/mol. The first kappa shape index (κ1) is 23.1. The van der Waals surface area contributed by atoms with E-state index in [0.717, 1.165) is 5.56 Å². The van der Waals surface area contributed by atoms with Crippen LogP contribution < -0.4 is 9.04 Å². The Bertz CT molecular complexity index is 1400. The summed E-state index contributed by atoms with van der Waals surface area (Å²) in [5.74, 6) is -0.281. The first-order valence-electron chi connectivity index (χ1n) is 10.6. The van der Waals surface area contributed by atoms with Gasteiger partial charge in [-0.3, -0.25) is 4.31 Å². The van der Waals surface area contributed by atoms with Gasteiger partial charge in [0.1, 0.15) is 11.8 Å². The summed E-state index contributed by atoms with van der Waals surface area (Å²) in [5, 5.41) is 20.9. The molecule has 0 aromatic heterocycles. The van der Waals surface area contributed by atoms with Crippen molar-refractivity contribution in [2.45, 2.75) is 23.8 Å². The fourth-order valence-corrected chi connectivity index (χ4v) is 6.26. The van der Waals surface area contributed by atoms with Crippen molar-refractivity contribution in [3.63, 3.8) is 0 Å². The molecule has 0 unspecified atom stereocenters. The zero-order valence-corrected chi connectivity index (χ0v) is 19.7. The van der Waals surface area contributed by atoms with Crippen LogP contribution in [0.5, 0.6) is 5.75 Å². The molecule has 0 aliphatic carbocycles. The summed E-state index contributed by atoms with van der Waals surface area (Å²) in [6.07, 6.45) is 1.55. The lowest BCUT2D eigenvalue weighted by molar-refractivity contribution is 0.359. The van der Waals surface area contributed by atoms with Crippen molar-refractivity contribution in [3.05, 3.63) is 102 Å². The number of allylic oxidation sites excluding steroid dienone is 1. The first-order valence-corrected chi connectivity index (χ1v) is 12.1. The van der Waals surface area contributed by atoms with E-state index in [4.69, 9.17) is 4.74 Å². The fraction of sp³-hybridized carbons (Fsp3) is 0.185. The van der Waals surface area contributed by atoms with Crippen molar-refractivity contribution in [2.24, 2.45) is 5.41 Å². The summed E-state index contributed by atoms with van der Waals surface area (Å²) >= 11 is 0. The average Bonchev–Trinajstić information content (AvgIpc) is 2.87. The SMILES string of the molecule is C=C[C@@H]1c2ccc(OC)cc2N(S(=O)(=O)c2ccc(C)cc2)[C@H](c2ccccc2)C1(C#N)C#N. The van der Waals surface area contributed by atoms with Gasteiger partial charge < -0.3 is 4.74 Å². The van der Waals surface area contributed by atoms with Crippen LogP contribution in [0.4, 0.5) is 5.69 Å². The second-order valence-corrected chi connectivity index (χ2v) is 9.97. The minimum Gasteiger partial charge on any atom is -0.497 e. The molecule has 1 aliphatic heterocycles. The summed E-state index contributed by atoms with van der Waals surface area (Å²) in [7, 11) is -2.70. The fourth-order valence-electron chi connectivity index (χ4n) is 4.57. The maximum atomic E-state index is 14.2. The summed E-state index contributed by atoms with van der Waals surface area (Å²) in [4.78, 5) is 0.0645. The number of ether oxygens (including phenoxy) is 1. The molecule has 34 heavy (non-hydrogen) atoms. The van der Waals surface area contributed by atoms with Gasteiger partial charge in [-0.15, -0.1) is 6.58 Å². The predicted octanol–water partition coefficient (Wildman–Crippen LogP) is 5.26. The minimum absolute atomic E-state index is 0.0645. The number of hydrogen-bond acceptors (Lipinski definition) is 5. The Morgan fingerprint density at radius 2 is 1.68 bits per heavy atom. The lowest BCUT2D eigenvalue weighted by Crippen LogP contribution is -2.50. The number of methoxy groups -OCH3 is 1. The third kappa shape index (κ3) is 3.42. The smallest absolute Gasteiger partial charge is 0.264 e. The number of fused-ring (bicyclic) bond motifs is 1. The minimum atomic E-state index is -4.20. The van der Waals surface area contributed by atoms with Crippen LogP contribution in [0.2, 0.25) is 0 Å². The van der Waals surface area contributed by atoms with E-state index in [2.05, 4.69) is 18.7 Å². The van der Waals surface area contributed by atoms with Crippen molar-refractivity contribution in [2.75, 3.05) is 11.4 Å². The Labute approximate surface area is 200 Å². The van der Waals surface area contributed by atoms with Gasteiger partial charge >= 0.3 is 0 Å². The normalized spacial score (nSPS) is 18.8. The first-order chi connectivity index (χ1) is 16.3. The summed E-state index contributed by atoms with van der Waals surface area (Å²) in [5.41, 5.74) is 0.542. The van der Waals surface area contributed by atoms with Gasteiger partial charge in [-0.2, -0.15) is 10.5 Å². The molecule has 0 spiro atoms. The maximum absolute atomic E-state index is 14.2. The van der Waals surface area contributed by atoms with Crippen LogP contribution >= 0.6 is 0 Å². The van der Waals surface area contributed by atoms with Gasteiger partial charge in [0.15, 0.2) is 5.41 Å². The number of benzene rings is 3. The third-order valence-electron chi connectivity index (χ3n) is 6.27. The van der Waals surface area contributed by atoms with Crippen molar-refractivity contribution in [1.29, 1.82) is 10.5 Å². The van der Waals surface area contributed by atoms with Crippen molar-refractivity contribution in [1.82, 2.24) is 0 Å². The molecule has 0 saturated carbocycles. The van der Waals surface area contributed by atoms with E-state index in [9.17, 15) is 18.9 Å². The molecule has 0 N–H and O–H groups in total. The number of nitrogens with zero attached hydrogens (tertiary/aromatic N) is 3. The molecule has 0 radical (unpaired) electrons. The quantitative estimate of drug-likeness (QED) is 0.475. The summed E-state index contributed by atoms with van der Waals surface area (Å²) in [6, 6.07) is 23.5. The molecular weight excluding hydrogens is 446 g/mol. The molecule has 1 heterocycles. The average molecular weight is 470 g/mol. The number of anilines is 1. The summed E-state index contributed by atoms with van der Waals surface area (Å²) in [6.45, 7) is 5.77. The standard InChI is InChI=1S/C27H23N3O3S/c1-4-24-23-15-12-21(33-3)16-25(23)30(34(31,32)22-13-10-19(2)11-14-22)26(27(24,17-28)18-29)20-8-6-5-7-9-20/h4-16,24,26H,1H2,2-3H3/t24-,26-/m1/s1. The molecule has 7 heteroatoms. The molecule has 1 aliphatic rings. The Balaban J connectivity index is 2.14. The van der Waals surface area contributed by atoms with Gasteiger partial charge in [0.25, 0.3) is 10.0 Å². The highest BCUT2D eigenvalue weighted by atomic mass is 32.2. The molecule has 0 fully saturated rings. The largest absolute Gasteiger partial charge is 0.497 e. The molecule has 6 nitrogen and oxygen atoms in total. The van der Waals surface area contributed by atoms with Crippen molar-refractivity contribution < 1.29 is 13.2 Å². The van der Waals surface area contributed by atoms with Crippen LogP contribution in [0.1, 0.15) is 28.7 Å². The van der Waals surface area contributed by atoms with Crippen LogP contribution in [0.25, 0.3) is 0 Å². The molecule has 3 aromatic rings. The second kappa shape index (κ2) is 8.70. The van der Waals surface area contributed by atoms with Crippen LogP contribution in [-0.2, 0) is 10.0 Å². The number of hydrogen-bond donors (Lipinski definition) is 0. The highest BCUT2D eigenvalue weighted by Crippen LogP contribution is 2.58. The van der Waals surface area contributed by atoms with Gasteiger partial charge in [-0.25, -0.2) is 8.42 Å². The molecule has 0 amide bonds. The van der Waals surface area contributed by atoms with Crippen molar-refractivity contribution in [3.8, 4) is 17.9 Å². The van der Waals surface area contributed by atoms with Crippen LogP contribution in [0.15, 0.2) is 90.3 Å². The Kier molecular flexibility index (Phi) is 5.91. The Morgan fingerprint density at radius 1 is 1.03 bits per heavy atom. The van der Waals surface area contributed by atoms with Gasteiger partial charge in [0.05, 0.1) is 29.8 Å². The third-order valence-corrected chi connectivity index (χ3v) is 8.06. The molecule has 0 saturated heterocycles. The number of aryl methyl sites for hydroxylation is 1. The monoisotopic (exact) mass is 469 g/mol. The Morgan fingerprint density at radius 3 is 2.24 bits per heavy atom. The van der Waals surface area contributed by atoms with E-state index < -0.39 is 27.4 Å². The number of sulfonamides is 1. The molecule has 170 valence electrons. The van der Waals surface area contributed by atoms with Gasteiger partial charge in [-0.1, -0.05) is 60.2 Å². The highest BCUT2D eigenvalue weighted by Gasteiger charge is 2.57. The Hall–Kier alpha value is -4.07. The van der Waals surface area contributed by atoms with Gasteiger partial charge in [0, 0.05) is 12.0 Å². The second-order valence-electron chi connectivity index (χ2n) is 8.16. The molecule has 0 bridgehead atoms. The lowest BCUT2D eigenvalue weighted by Gasteiger charge is -2.47. The van der Waals surface area contributed by atoms with Gasteiger partial charge in [0.2, 0.25) is 0 Å². The molecular formula is C27H23N3O3S. The summed E-state index contributed by atoms with van der Waals surface area (Å²) < 4.78 is 35.0.